The molecule has 0 aliphatic carbocycles. The van der Waals surface area contributed by atoms with E-state index in [0.29, 0.717) is 6.04 Å². The van der Waals surface area contributed by atoms with Crippen LogP contribution < -0.4 is 10.6 Å². The number of benzene rings is 1. The Hall–Kier alpha value is -3.06. The van der Waals surface area contributed by atoms with E-state index in [-0.39, 0.29) is 0 Å². The molecule has 0 atom stereocenters. The average Bonchev–Trinajstić information content (AvgIpc) is 3.43. The van der Waals surface area contributed by atoms with Crippen molar-refractivity contribution in [2.75, 3.05) is 38.3 Å². The fourth-order valence-corrected chi connectivity index (χ4v) is 5.36. The summed E-state index contributed by atoms with van der Waals surface area (Å²) in [7, 11) is 1.77. The standard InChI is InChI=1S/C26H34N6O/c1-18(2)30-10-7-25-23(17-30)26(29-32(25)22-8-12-33-13-9-22)31-11-6-20-14-19(4-5-24(20)31)21(15-27)16-28-3/h4-5,14-16,22H,1,6-13,17,27H2,2-3H3. The quantitative estimate of drug-likeness (QED) is 0.707. The number of aliphatic imine (C=N–C) groups is 1. The molecule has 2 N–H and O–H groups in total. The molecule has 3 aliphatic heterocycles. The van der Waals surface area contributed by atoms with Crippen LogP contribution in [-0.2, 0) is 24.1 Å². The number of allylic oxidation sites excluding steroid dienone is 2. The Balaban J connectivity index is 1.54. The van der Waals surface area contributed by atoms with Gasteiger partial charge in [-0.15, -0.1) is 0 Å². The van der Waals surface area contributed by atoms with Crippen molar-refractivity contribution in [3.63, 3.8) is 0 Å². The molecule has 0 radical (unpaired) electrons. The lowest BCUT2D eigenvalue weighted by Gasteiger charge is -2.31. The van der Waals surface area contributed by atoms with Crippen molar-refractivity contribution in [3.8, 4) is 0 Å². The van der Waals surface area contributed by atoms with E-state index in [1.54, 1.807) is 13.2 Å². The maximum absolute atomic E-state index is 5.84. The molecular weight excluding hydrogens is 412 g/mol. The number of anilines is 2. The van der Waals surface area contributed by atoms with E-state index in [0.717, 1.165) is 81.2 Å². The van der Waals surface area contributed by atoms with Gasteiger partial charge in [-0.3, -0.25) is 9.67 Å². The highest BCUT2D eigenvalue weighted by Gasteiger charge is 2.33. The van der Waals surface area contributed by atoms with Crippen molar-refractivity contribution >= 4 is 23.3 Å². The van der Waals surface area contributed by atoms with Gasteiger partial charge in [0.2, 0.25) is 0 Å². The van der Waals surface area contributed by atoms with Gasteiger partial charge in [0, 0.05) is 86.9 Å². The smallest absolute Gasteiger partial charge is 0.160 e. The zero-order valence-corrected chi connectivity index (χ0v) is 19.8. The van der Waals surface area contributed by atoms with Crippen LogP contribution in [-0.4, -0.2) is 54.2 Å². The molecule has 0 spiro atoms. The molecule has 2 aromatic rings. The summed E-state index contributed by atoms with van der Waals surface area (Å²) < 4.78 is 7.97. The zero-order chi connectivity index (χ0) is 22.9. The topological polar surface area (TPSA) is 71.9 Å². The molecule has 0 bridgehead atoms. The summed E-state index contributed by atoms with van der Waals surface area (Å²) >= 11 is 0. The van der Waals surface area contributed by atoms with Crippen LogP contribution in [0.25, 0.3) is 5.57 Å². The number of fused-ring (bicyclic) bond motifs is 2. The van der Waals surface area contributed by atoms with Crippen molar-refractivity contribution in [1.82, 2.24) is 14.7 Å². The molecule has 0 amide bonds. The van der Waals surface area contributed by atoms with Gasteiger partial charge < -0.3 is 20.3 Å². The molecule has 3 aliphatic rings. The Morgan fingerprint density at radius 3 is 2.79 bits per heavy atom. The highest BCUT2D eigenvalue weighted by molar-refractivity contribution is 6.09. The molecule has 174 valence electrons. The Morgan fingerprint density at radius 1 is 1.24 bits per heavy atom. The van der Waals surface area contributed by atoms with Gasteiger partial charge in [-0.05, 0) is 49.4 Å². The molecule has 1 aromatic carbocycles. The maximum Gasteiger partial charge on any atom is 0.160 e. The average molecular weight is 447 g/mol. The molecule has 0 unspecified atom stereocenters. The summed E-state index contributed by atoms with van der Waals surface area (Å²) in [6, 6.07) is 7.02. The van der Waals surface area contributed by atoms with Gasteiger partial charge in [0.05, 0.1) is 6.04 Å². The Morgan fingerprint density at radius 2 is 2.06 bits per heavy atom. The minimum Gasteiger partial charge on any atom is -0.404 e. The number of aromatic nitrogens is 2. The molecule has 0 saturated carbocycles. The summed E-state index contributed by atoms with van der Waals surface area (Å²) in [5.41, 5.74) is 14.3. The molecule has 7 nitrogen and oxygen atoms in total. The highest BCUT2D eigenvalue weighted by Crippen LogP contribution is 2.41. The lowest BCUT2D eigenvalue weighted by Crippen LogP contribution is -2.31. The van der Waals surface area contributed by atoms with Crippen LogP contribution in [0.5, 0.6) is 0 Å². The third-order valence-electron chi connectivity index (χ3n) is 7.15. The predicted octanol–water partition coefficient (Wildman–Crippen LogP) is 3.82. The van der Waals surface area contributed by atoms with E-state index in [1.165, 1.54) is 22.5 Å². The van der Waals surface area contributed by atoms with Gasteiger partial charge in [0.15, 0.2) is 5.82 Å². The van der Waals surface area contributed by atoms with Gasteiger partial charge in [0.25, 0.3) is 0 Å². The number of rotatable bonds is 5. The van der Waals surface area contributed by atoms with Crippen molar-refractivity contribution in [3.05, 3.63) is 59.1 Å². The molecule has 1 saturated heterocycles. The van der Waals surface area contributed by atoms with Crippen LogP contribution >= 0.6 is 0 Å². The largest absolute Gasteiger partial charge is 0.404 e. The molecular formula is C26H34N6O. The summed E-state index contributed by atoms with van der Waals surface area (Å²) in [4.78, 5) is 8.93. The summed E-state index contributed by atoms with van der Waals surface area (Å²) in [6.45, 7) is 10.8. The van der Waals surface area contributed by atoms with Crippen molar-refractivity contribution in [2.45, 2.75) is 45.2 Å². The maximum atomic E-state index is 5.84. The van der Waals surface area contributed by atoms with Crippen LogP contribution in [0.2, 0.25) is 0 Å². The first-order chi connectivity index (χ1) is 16.1. The number of hydrogen-bond acceptors (Lipinski definition) is 6. The normalized spacial score (nSPS) is 19.3. The number of ether oxygens (including phenoxy) is 1. The molecule has 1 fully saturated rings. The minimum atomic E-state index is 0.424. The third kappa shape index (κ3) is 3.95. The van der Waals surface area contributed by atoms with Gasteiger partial charge in [-0.2, -0.15) is 5.10 Å². The monoisotopic (exact) mass is 446 g/mol. The van der Waals surface area contributed by atoms with E-state index in [9.17, 15) is 0 Å². The molecule has 5 rings (SSSR count). The fourth-order valence-electron chi connectivity index (χ4n) is 5.36. The number of nitrogens with zero attached hydrogens (tertiary/aromatic N) is 5. The second kappa shape index (κ2) is 9.06. The minimum absolute atomic E-state index is 0.424. The number of nitrogens with two attached hydrogens (primary N) is 1. The van der Waals surface area contributed by atoms with Crippen LogP contribution in [0.4, 0.5) is 11.5 Å². The van der Waals surface area contributed by atoms with Gasteiger partial charge in [0.1, 0.15) is 0 Å². The van der Waals surface area contributed by atoms with Gasteiger partial charge in [-0.1, -0.05) is 12.6 Å². The summed E-state index contributed by atoms with van der Waals surface area (Å²) in [6.07, 6.45) is 7.50. The van der Waals surface area contributed by atoms with Crippen LogP contribution in [0.15, 0.2) is 41.7 Å². The van der Waals surface area contributed by atoms with Crippen LogP contribution in [0.1, 0.15) is 48.2 Å². The lowest BCUT2D eigenvalue weighted by atomic mass is 10.0. The predicted molar refractivity (Wildman–Crippen MR) is 134 cm³/mol. The lowest BCUT2D eigenvalue weighted by molar-refractivity contribution is 0.0651. The van der Waals surface area contributed by atoms with E-state index in [1.807, 2.05) is 6.21 Å². The van der Waals surface area contributed by atoms with Crippen LogP contribution in [0.3, 0.4) is 0 Å². The summed E-state index contributed by atoms with van der Waals surface area (Å²) in [5.74, 6) is 1.11. The molecule has 7 heteroatoms. The molecule has 4 heterocycles. The van der Waals surface area contributed by atoms with Crippen molar-refractivity contribution < 1.29 is 4.74 Å². The van der Waals surface area contributed by atoms with Crippen molar-refractivity contribution in [2.24, 2.45) is 10.7 Å². The Kier molecular flexibility index (Phi) is 5.98. The first-order valence-corrected chi connectivity index (χ1v) is 11.9. The van der Waals surface area contributed by atoms with Crippen molar-refractivity contribution in [1.29, 1.82) is 0 Å². The second-order valence-corrected chi connectivity index (χ2v) is 9.20. The first kappa shape index (κ1) is 21.8. The fraction of sp³-hybridized carbons (Fsp3) is 0.462. The van der Waals surface area contributed by atoms with E-state index >= 15 is 0 Å². The second-order valence-electron chi connectivity index (χ2n) is 9.20. The SMILES string of the molecule is C=C(C)N1CCc2c(c(N3CCc4cc(C(C=NC)=CN)ccc43)nn2C2CCOCC2)C1. The highest BCUT2D eigenvalue weighted by atomic mass is 16.5. The van der Waals surface area contributed by atoms with Gasteiger partial charge in [-0.25, -0.2) is 0 Å². The molecule has 33 heavy (non-hydrogen) atoms. The van der Waals surface area contributed by atoms with E-state index in [4.69, 9.17) is 15.6 Å². The van der Waals surface area contributed by atoms with E-state index < -0.39 is 0 Å². The third-order valence-corrected chi connectivity index (χ3v) is 7.15. The number of hydrogen-bond donors (Lipinski definition) is 1. The summed E-state index contributed by atoms with van der Waals surface area (Å²) in [5, 5.41) is 5.27. The molecule has 1 aromatic heterocycles. The Bertz CT molecular complexity index is 1110. The van der Waals surface area contributed by atoms with E-state index in [2.05, 4.69) is 51.2 Å². The zero-order valence-electron chi connectivity index (χ0n) is 19.8. The first-order valence-electron chi connectivity index (χ1n) is 11.9. The van der Waals surface area contributed by atoms with Crippen LogP contribution in [0, 0.1) is 0 Å². The Labute approximate surface area is 196 Å². The van der Waals surface area contributed by atoms with Gasteiger partial charge >= 0.3 is 0 Å².